The molecule has 3 aromatic rings. The summed E-state index contributed by atoms with van der Waals surface area (Å²) in [5.74, 6) is -0.408. The molecule has 3 rings (SSSR count). The average molecular weight is 480 g/mol. The molecule has 1 atom stereocenters. The van der Waals surface area contributed by atoms with Crippen LogP contribution in [0.5, 0.6) is 0 Å². The first-order chi connectivity index (χ1) is 16.3. The minimum atomic E-state index is -3.83. The number of hydrogen-bond acceptors (Lipinski definition) is 4. The van der Waals surface area contributed by atoms with Crippen LogP contribution in [0.2, 0.25) is 0 Å². The fourth-order valence-corrected chi connectivity index (χ4v) is 5.23. The van der Waals surface area contributed by atoms with Gasteiger partial charge in [-0.05, 0) is 48.8 Å². The van der Waals surface area contributed by atoms with E-state index in [9.17, 15) is 13.2 Å². The quantitative estimate of drug-likeness (QED) is 0.453. The first kappa shape index (κ1) is 25.6. The van der Waals surface area contributed by atoms with Crippen molar-refractivity contribution in [1.29, 1.82) is 0 Å². The summed E-state index contributed by atoms with van der Waals surface area (Å²) in [6.07, 6.45) is 0. The molecule has 1 N–H and O–H groups in total. The molecule has 0 saturated heterocycles. The molecule has 7 heteroatoms. The predicted octanol–water partition coefficient (Wildman–Crippen LogP) is 3.86. The molecule has 1 amide bonds. The maximum absolute atomic E-state index is 13.4. The Morgan fingerprint density at radius 1 is 0.853 bits per heavy atom. The van der Waals surface area contributed by atoms with Gasteiger partial charge in [0.1, 0.15) is 0 Å². The smallest absolute Gasteiger partial charge is 0.243 e. The Morgan fingerprint density at radius 3 is 2.00 bits per heavy atom. The van der Waals surface area contributed by atoms with Crippen molar-refractivity contribution in [3.8, 4) is 0 Å². The molecule has 0 saturated carbocycles. The standard InChI is InChI=1S/C27H33N3O3S/c1-22(25-10-6-4-7-11-25)19-30(34(32,33)26-12-8-5-9-13-26)21-27(31)28-18-23-14-16-24(17-15-23)20-29(2)3/h4-17,22H,18-21H2,1-3H3,(H,28,31). The number of sulfonamides is 1. The van der Waals surface area contributed by atoms with E-state index in [1.54, 1.807) is 30.3 Å². The lowest BCUT2D eigenvalue weighted by atomic mass is 10.0. The Morgan fingerprint density at radius 2 is 1.41 bits per heavy atom. The maximum atomic E-state index is 13.4. The van der Waals surface area contributed by atoms with Crippen molar-refractivity contribution >= 4 is 15.9 Å². The Balaban J connectivity index is 1.71. The number of rotatable bonds is 11. The number of benzene rings is 3. The van der Waals surface area contributed by atoms with E-state index in [-0.39, 0.29) is 29.8 Å². The van der Waals surface area contributed by atoms with Crippen molar-refractivity contribution in [3.05, 3.63) is 102 Å². The molecular formula is C27H33N3O3S. The van der Waals surface area contributed by atoms with Crippen LogP contribution in [-0.4, -0.2) is 50.7 Å². The lowest BCUT2D eigenvalue weighted by molar-refractivity contribution is -0.121. The molecule has 0 radical (unpaired) electrons. The van der Waals surface area contributed by atoms with Crippen LogP contribution in [0.3, 0.4) is 0 Å². The topological polar surface area (TPSA) is 69.7 Å². The molecule has 0 bridgehead atoms. The molecule has 0 aliphatic heterocycles. The number of nitrogens with one attached hydrogen (secondary N) is 1. The Kier molecular flexibility index (Phi) is 8.98. The number of nitrogens with zero attached hydrogens (tertiary/aromatic N) is 2. The summed E-state index contributed by atoms with van der Waals surface area (Å²) in [7, 11) is 0.200. The number of amides is 1. The predicted molar refractivity (Wildman–Crippen MR) is 136 cm³/mol. The van der Waals surface area contributed by atoms with E-state index in [4.69, 9.17) is 0 Å². The van der Waals surface area contributed by atoms with Crippen LogP contribution in [0.4, 0.5) is 0 Å². The third kappa shape index (κ3) is 7.25. The van der Waals surface area contributed by atoms with E-state index >= 15 is 0 Å². The highest BCUT2D eigenvalue weighted by atomic mass is 32.2. The zero-order chi connectivity index (χ0) is 24.6. The summed E-state index contributed by atoms with van der Waals surface area (Å²) in [6.45, 7) is 3.12. The van der Waals surface area contributed by atoms with E-state index in [1.807, 2.05) is 75.6 Å². The average Bonchev–Trinajstić information content (AvgIpc) is 2.84. The SMILES string of the molecule is CC(CN(CC(=O)NCc1ccc(CN(C)C)cc1)S(=O)(=O)c1ccccc1)c1ccccc1. The lowest BCUT2D eigenvalue weighted by Gasteiger charge is -2.25. The van der Waals surface area contributed by atoms with Gasteiger partial charge in [-0.3, -0.25) is 4.79 Å². The molecular weight excluding hydrogens is 446 g/mol. The molecule has 0 aromatic heterocycles. The molecule has 0 aliphatic rings. The largest absolute Gasteiger partial charge is 0.351 e. The maximum Gasteiger partial charge on any atom is 0.243 e. The highest BCUT2D eigenvalue weighted by molar-refractivity contribution is 7.89. The monoisotopic (exact) mass is 479 g/mol. The molecule has 34 heavy (non-hydrogen) atoms. The Bertz CT molecular complexity index is 1150. The van der Waals surface area contributed by atoms with Crippen molar-refractivity contribution in [1.82, 2.24) is 14.5 Å². The molecule has 1 unspecified atom stereocenters. The van der Waals surface area contributed by atoms with Gasteiger partial charge in [-0.25, -0.2) is 8.42 Å². The van der Waals surface area contributed by atoms with Gasteiger partial charge < -0.3 is 10.2 Å². The summed E-state index contributed by atoms with van der Waals surface area (Å²) in [4.78, 5) is 15.1. The summed E-state index contributed by atoms with van der Waals surface area (Å²) in [5, 5.41) is 2.87. The highest BCUT2D eigenvalue weighted by Gasteiger charge is 2.28. The van der Waals surface area contributed by atoms with Gasteiger partial charge in [0.25, 0.3) is 0 Å². The number of carbonyl (C=O) groups is 1. The molecule has 0 fully saturated rings. The van der Waals surface area contributed by atoms with Gasteiger partial charge in [0, 0.05) is 19.6 Å². The summed E-state index contributed by atoms with van der Waals surface area (Å²) in [6, 6.07) is 26.0. The molecule has 0 heterocycles. The normalized spacial score (nSPS) is 12.6. The third-order valence-electron chi connectivity index (χ3n) is 5.56. The second-order valence-electron chi connectivity index (χ2n) is 8.75. The first-order valence-corrected chi connectivity index (χ1v) is 12.8. The van der Waals surface area contributed by atoms with Gasteiger partial charge in [-0.15, -0.1) is 0 Å². The van der Waals surface area contributed by atoms with Crippen LogP contribution >= 0.6 is 0 Å². The van der Waals surface area contributed by atoms with E-state index in [2.05, 4.69) is 10.2 Å². The third-order valence-corrected chi connectivity index (χ3v) is 7.38. The lowest BCUT2D eigenvalue weighted by Crippen LogP contribution is -2.42. The van der Waals surface area contributed by atoms with E-state index < -0.39 is 10.0 Å². The number of hydrogen-bond donors (Lipinski definition) is 1. The fourth-order valence-electron chi connectivity index (χ4n) is 3.73. The minimum Gasteiger partial charge on any atom is -0.351 e. The molecule has 180 valence electrons. The van der Waals surface area contributed by atoms with Crippen LogP contribution in [0, 0.1) is 0 Å². The first-order valence-electron chi connectivity index (χ1n) is 11.3. The second-order valence-corrected chi connectivity index (χ2v) is 10.7. The molecule has 6 nitrogen and oxygen atoms in total. The van der Waals surface area contributed by atoms with Crippen molar-refractivity contribution < 1.29 is 13.2 Å². The van der Waals surface area contributed by atoms with Crippen LogP contribution in [0.25, 0.3) is 0 Å². The van der Waals surface area contributed by atoms with E-state index in [1.165, 1.54) is 9.87 Å². The van der Waals surface area contributed by atoms with Crippen molar-refractivity contribution in [2.75, 3.05) is 27.2 Å². The summed E-state index contributed by atoms with van der Waals surface area (Å²) < 4.78 is 28.0. The molecule has 0 spiro atoms. The van der Waals surface area contributed by atoms with Crippen LogP contribution in [0.1, 0.15) is 29.5 Å². The minimum absolute atomic E-state index is 0.0725. The second kappa shape index (κ2) is 11.9. The molecule has 3 aromatic carbocycles. The van der Waals surface area contributed by atoms with Crippen LogP contribution < -0.4 is 5.32 Å². The van der Waals surface area contributed by atoms with Gasteiger partial charge in [0.2, 0.25) is 15.9 Å². The van der Waals surface area contributed by atoms with Crippen molar-refractivity contribution in [2.45, 2.75) is 30.8 Å². The summed E-state index contributed by atoms with van der Waals surface area (Å²) in [5.41, 5.74) is 3.18. The Labute approximate surface area is 203 Å². The van der Waals surface area contributed by atoms with Crippen molar-refractivity contribution in [2.24, 2.45) is 0 Å². The van der Waals surface area contributed by atoms with Gasteiger partial charge >= 0.3 is 0 Å². The van der Waals surface area contributed by atoms with Gasteiger partial charge in [0.05, 0.1) is 11.4 Å². The number of carbonyl (C=O) groups excluding carboxylic acids is 1. The van der Waals surface area contributed by atoms with Gasteiger partial charge in [-0.2, -0.15) is 4.31 Å². The molecule has 0 aliphatic carbocycles. The van der Waals surface area contributed by atoms with Crippen LogP contribution in [0.15, 0.2) is 89.8 Å². The zero-order valence-corrected chi connectivity index (χ0v) is 20.8. The highest BCUT2D eigenvalue weighted by Crippen LogP contribution is 2.21. The zero-order valence-electron chi connectivity index (χ0n) is 20.0. The summed E-state index contributed by atoms with van der Waals surface area (Å²) >= 11 is 0. The van der Waals surface area contributed by atoms with E-state index in [0.29, 0.717) is 6.54 Å². The van der Waals surface area contributed by atoms with Gasteiger partial charge in [0.15, 0.2) is 0 Å². The Hall–Kier alpha value is -3.00. The van der Waals surface area contributed by atoms with Crippen LogP contribution in [-0.2, 0) is 27.9 Å². The fraction of sp³-hybridized carbons (Fsp3) is 0.296. The van der Waals surface area contributed by atoms with Crippen molar-refractivity contribution in [3.63, 3.8) is 0 Å². The van der Waals surface area contributed by atoms with Gasteiger partial charge in [-0.1, -0.05) is 79.7 Å². The van der Waals surface area contributed by atoms with E-state index in [0.717, 1.165) is 17.7 Å².